The minimum atomic E-state index is -0.367. The molecule has 110 valence electrons. The summed E-state index contributed by atoms with van der Waals surface area (Å²) in [5.41, 5.74) is 1.74. The lowest BCUT2D eigenvalue weighted by Gasteiger charge is -2.16. The quantitative estimate of drug-likeness (QED) is 0.605. The fourth-order valence-corrected chi connectivity index (χ4v) is 2.90. The number of nitro benzene ring substituents is 1. The molecule has 4 nitrogen and oxygen atoms in total. The van der Waals surface area contributed by atoms with Gasteiger partial charge in [0.2, 0.25) is 0 Å². The first-order chi connectivity index (χ1) is 9.99. The van der Waals surface area contributed by atoms with Gasteiger partial charge in [-0.25, -0.2) is 0 Å². The first-order valence-corrected chi connectivity index (χ1v) is 7.56. The van der Waals surface area contributed by atoms with Gasteiger partial charge in [-0.1, -0.05) is 51.8 Å². The highest BCUT2D eigenvalue weighted by Gasteiger charge is 2.14. The summed E-state index contributed by atoms with van der Waals surface area (Å²) >= 11 is 9.58. The number of benzene rings is 2. The van der Waals surface area contributed by atoms with Gasteiger partial charge in [-0.05, 0) is 24.6 Å². The Morgan fingerprint density at radius 1 is 1.33 bits per heavy atom. The molecule has 0 aliphatic carbocycles. The van der Waals surface area contributed by atoms with Gasteiger partial charge in [0.1, 0.15) is 0 Å². The van der Waals surface area contributed by atoms with Crippen LogP contribution in [0.2, 0.25) is 5.02 Å². The Morgan fingerprint density at radius 3 is 2.71 bits per heavy atom. The van der Waals surface area contributed by atoms with Crippen molar-refractivity contribution in [3.05, 3.63) is 73.2 Å². The smallest absolute Gasteiger partial charge is 0.273 e. The van der Waals surface area contributed by atoms with E-state index in [9.17, 15) is 10.1 Å². The van der Waals surface area contributed by atoms with Crippen LogP contribution >= 0.6 is 27.5 Å². The summed E-state index contributed by atoms with van der Waals surface area (Å²) in [5.74, 6) is 0. The highest BCUT2D eigenvalue weighted by atomic mass is 79.9. The number of nitrogens with zero attached hydrogens (tertiary/aromatic N) is 1. The zero-order chi connectivity index (χ0) is 15.4. The van der Waals surface area contributed by atoms with Crippen molar-refractivity contribution in [1.29, 1.82) is 0 Å². The third-order valence-electron chi connectivity index (χ3n) is 3.22. The van der Waals surface area contributed by atoms with Gasteiger partial charge in [-0.2, -0.15) is 0 Å². The number of hydrogen-bond donors (Lipinski definition) is 1. The molecule has 0 heterocycles. The van der Waals surface area contributed by atoms with Gasteiger partial charge >= 0.3 is 0 Å². The molecule has 0 fully saturated rings. The highest BCUT2D eigenvalue weighted by molar-refractivity contribution is 9.10. The number of para-hydroxylation sites is 1. The number of halogens is 2. The molecule has 1 N–H and O–H groups in total. The van der Waals surface area contributed by atoms with E-state index in [0.29, 0.717) is 17.1 Å². The van der Waals surface area contributed by atoms with Crippen molar-refractivity contribution < 1.29 is 4.92 Å². The topological polar surface area (TPSA) is 55.2 Å². The molecule has 2 aromatic carbocycles. The fraction of sp³-hybridized carbons (Fsp3) is 0.200. The summed E-state index contributed by atoms with van der Waals surface area (Å²) < 4.78 is 0.919. The van der Waals surface area contributed by atoms with Gasteiger partial charge in [-0.15, -0.1) is 0 Å². The third kappa shape index (κ3) is 4.03. The van der Waals surface area contributed by atoms with Crippen molar-refractivity contribution in [2.24, 2.45) is 0 Å². The van der Waals surface area contributed by atoms with E-state index in [0.717, 1.165) is 10.0 Å². The van der Waals surface area contributed by atoms with Crippen molar-refractivity contribution >= 4 is 33.2 Å². The van der Waals surface area contributed by atoms with E-state index in [2.05, 4.69) is 21.2 Å². The molecule has 0 aliphatic heterocycles. The zero-order valence-electron chi connectivity index (χ0n) is 11.3. The first-order valence-electron chi connectivity index (χ1n) is 6.39. The van der Waals surface area contributed by atoms with Crippen molar-refractivity contribution in [2.45, 2.75) is 19.5 Å². The second-order valence-electron chi connectivity index (χ2n) is 4.65. The summed E-state index contributed by atoms with van der Waals surface area (Å²) in [6.07, 6.45) is 0. The first kappa shape index (κ1) is 15.9. The van der Waals surface area contributed by atoms with Gasteiger partial charge in [0.25, 0.3) is 5.69 Å². The van der Waals surface area contributed by atoms with Crippen LogP contribution in [0.1, 0.15) is 24.1 Å². The van der Waals surface area contributed by atoms with Crippen molar-refractivity contribution in [2.75, 3.05) is 0 Å². The summed E-state index contributed by atoms with van der Waals surface area (Å²) in [7, 11) is 0. The lowest BCUT2D eigenvalue weighted by atomic mass is 10.1. The molecule has 0 amide bonds. The van der Waals surface area contributed by atoms with Gasteiger partial charge < -0.3 is 5.32 Å². The average Bonchev–Trinajstić information content (AvgIpc) is 2.45. The van der Waals surface area contributed by atoms with E-state index >= 15 is 0 Å². The van der Waals surface area contributed by atoms with Crippen LogP contribution in [0.25, 0.3) is 0 Å². The predicted octanol–water partition coefficient (Wildman–Crippen LogP) is 4.86. The summed E-state index contributed by atoms with van der Waals surface area (Å²) in [4.78, 5) is 10.6. The number of rotatable bonds is 5. The molecule has 0 spiro atoms. The van der Waals surface area contributed by atoms with Crippen LogP contribution in [-0.2, 0) is 6.54 Å². The summed E-state index contributed by atoms with van der Waals surface area (Å²) in [6, 6.07) is 12.4. The zero-order valence-corrected chi connectivity index (χ0v) is 13.7. The molecule has 1 unspecified atom stereocenters. The molecule has 6 heteroatoms. The molecule has 2 aromatic rings. The van der Waals surface area contributed by atoms with Gasteiger partial charge in [-0.3, -0.25) is 10.1 Å². The standard InChI is InChI=1S/C15H14BrClN2O2/c1-10(13-7-6-12(16)8-14(13)17)18-9-11-4-2-3-5-15(11)19(20)21/h2-8,10,18H,9H2,1H3. The third-order valence-corrected chi connectivity index (χ3v) is 4.04. The average molecular weight is 370 g/mol. The van der Waals surface area contributed by atoms with Crippen LogP contribution in [0.15, 0.2) is 46.9 Å². The molecule has 2 rings (SSSR count). The second-order valence-corrected chi connectivity index (χ2v) is 5.98. The maximum Gasteiger partial charge on any atom is 0.273 e. The second kappa shape index (κ2) is 7.02. The molecule has 0 aliphatic rings. The van der Waals surface area contributed by atoms with Gasteiger partial charge in [0.15, 0.2) is 0 Å². The number of hydrogen-bond acceptors (Lipinski definition) is 3. The van der Waals surface area contributed by atoms with E-state index in [1.54, 1.807) is 18.2 Å². The van der Waals surface area contributed by atoms with Crippen LogP contribution in [-0.4, -0.2) is 4.92 Å². The number of nitro groups is 1. The lowest BCUT2D eigenvalue weighted by Crippen LogP contribution is -2.19. The molecule has 0 saturated carbocycles. The molecule has 0 radical (unpaired) electrons. The van der Waals surface area contributed by atoms with E-state index in [1.165, 1.54) is 6.07 Å². The van der Waals surface area contributed by atoms with Crippen molar-refractivity contribution in [3.8, 4) is 0 Å². The molecular weight excluding hydrogens is 356 g/mol. The molecule has 0 bridgehead atoms. The van der Waals surface area contributed by atoms with Gasteiger partial charge in [0, 0.05) is 33.7 Å². The minimum absolute atomic E-state index is 0.00888. The fourth-order valence-electron chi connectivity index (χ4n) is 2.06. The molecule has 0 aromatic heterocycles. The molecular formula is C15H14BrClN2O2. The van der Waals surface area contributed by atoms with Crippen LogP contribution in [0, 0.1) is 10.1 Å². The predicted molar refractivity (Wildman–Crippen MR) is 87.5 cm³/mol. The van der Waals surface area contributed by atoms with E-state index in [-0.39, 0.29) is 16.7 Å². The minimum Gasteiger partial charge on any atom is -0.306 e. The molecule has 1 atom stereocenters. The Labute approximate surface area is 136 Å². The monoisotopic (exact) mass is 368 g/mol. The normalized spacial score (nSPS) is 12.1. The number of nitrogens with one attached hydrogen (secondary N) is 1. The van der Waals surface area contributed by atoms with E-state index in [4.69, 9.17) is 11.6 Å². The SMILES string of the molecule is CC(NCc1ccccc1[N+](=O)[O-])c1ccc(Br)cc1Cl. The lowest BCUT2D eigenvalue weighted by molar-refractivity contribution is -0.385. The van der Waals surface area contributed by atoms with E-state index in [1.807, 2.05) is 25.1 Å². The molecule has 21 heavy (non-hydrogen) atoms. The van der Waals surface area contributed by atoms with Gasteiger partial charge in [0.05, 0.1) is 4.92 Å². The molecule has 0 saturated heterocycles. The maximum atomic E-state index is 11.0. The maximum absolute atomic E-state index is 11.0. The van der Waals surface area contributed by atoms with Crippen LogP contribution in [0.3, 0.4) is 0 Å². The van der Waals surface area contributed by atoms with Crippen molar-refractivity contribution in [3.63, 3.8) is 0 Å². The Morgan fingerprint density at radius 2 is 2.05 bits per heavy atom. The Bertz CT molecular complexity index is 664. The van der Waals surface area contributed by atoms with E-state index < -0.39 is 0 Å². The Kier molecular flexibility index (Phi) is 5.33. The van der Waals surface area contributed by atoms with Crippen LogP contribution < -0.4 is 5.32 Å². The highest BCUT2D eigenvalue weighted by Crippen LogP contribution is 2.27. The summed E-state index contributed by atoms with van der Waals surface area (Å²) in [6.45, 7) is 2.38. The Hall–Kier alpha value is -1.43. The van der Waals surface area contributed by atoms with Crippen molar-refractivity contribution in [1.82, 2.24) is 5.32 Å². The van der Waals surface area contributed by atoms with Crippen LogP contribution in [0.4, 0.5) is 5.69 Å². The Balaban J connectivity index is 2.11. The largest absolute Gasteiger partial charge is 0.306 e. The van der Waals surface area contributed by atoms with Crippen LogP contribution in [0.5, 0.6) is 0 Å². The summed E-state index contributed by atoms with van der Waals surface area (Å²) in [5, 5.41) is 14.9.